The summed E-state index contributed by atoms with van der Waals surface area (Å²) in [7, 11) is 3.74. The van der Waals surface area contributed by atoms with Gasteiger partial charge in [0.2, 0.25) is 0 Å². The number of aliphatic imine (C=N–C) groups is 1. The van der Waals surface area contributed by atoms with Gasteiger partial charge >= 0.3 is 0 Å². The lowest BCUT2D eigenvalue weighted by atomic mass is 10.1. The maximum atomic E-state index is 5.20. The molecule has 0 atom stereocenters. The number of guanidine groups is 1. The number of nitrogens with one attached hydrogen (secondary N) is 2. The largest absolute Gasteiger partial charge is 0.497 e. The number of methoxy groups -OCH3 is 1. The second kappa shape index (κ2) is 11.5. The number of nitrogens with zero attached hydrogens (tertiary/aromatic N) is 2. The Kier molecular flexibility index (Phi) is 11.0. The molecule has 2 N–H and O–H groups in total. The van der Waals surface area contributed by atoms with E-state index < -0.39 is 0 Å². The summed E-state index contributed by atoms with van der Waals surface area (Å²) in [4.78, 5) is 6.83. The fourth-order valence-corrected chi connectivity index (χ4v) is 2.14. The molecule has 0 amide bonds. The molecular formula is C18H33IN4O. The Bertz CT molecular complexity index is 483. The fraction of sp³-hybridized carbons (Fsp3) is 0.611. The van der Waals surface area contributed by atoms with Crippen LogP contribution >= 0.6 is 24.0 Å². The van der Waals surface area contributed by atoms with E-state index in [1.807, 2.05) is 12.1 Å². The maximum absolute atomic E-state index is 5.20. The van der Waals surface area contributed by atoms with Gasteiger partial charge in [-0.1, -0.05) is 12.1 Å². The highest BCUT2D eigenvalue weighted by atomic mass is 127. The van der Waals surface area contributed by atoms with Crippen molar-refractivity contribution in [2.75, 3.05) is 33.8 Å². The van der Waals surface area contributed by atoms with Crippen molar-refractivity contribution in [1.29, 1.82) is 0 Å². The smallest absolute Gasteiger partial charge is 0.194 e. The predicted molar refractivity (Wildman–Crippen MR) is 114 cm³/mol. The number of hydrogen-bond acceptors (Lipinski definition) is 3. The highest BCUT2D eigenvalue weighted by Gasteiger charge is 2.09. The average Bonchev–Trinajstić information content (AvgIpc) is 2.50. The average molecular weight is 448 g/mol. The standard InChI is InChI=1S/C18H32N4O.HI/c1-7-19-17(20-12-13-21-18(2,3)4)22(5)14-15-8-10-16(23-6)11-9-15;/h8-11,21H,7,12-14H2,1-6H3,(H,19,20);1H. The first-order chi connectivity index (χ1) is 10.9. The van der Waals surface area contributed by atoms with Crippen molar-refractivity contribution in [3.05, 3.63) is 29.8 Å². The van der Waals surface area contributed by atoms with Gasteiger partial charge in [-0.05, 0) is 45.4 Å². The van der Waals surface area contributed by atoms with Gasteiger partial charge in [-0.25, -0.2) is 0 Å². The molecule has 5 nitrogen and oxygen atoms in total. The van der Waals surface area contributed by atoms with Gasteiger partial charge in [-0.3, -0.25) is 4.99 Å². The summed E-state index contributed by atoms with van der Waals surface area (Å²) >= 11 is 0. The third-order valence-electron chi connectivity index (χ3n) is 3.30. The summed E-state index contributed by atoms with van der Waals surface area (Å²) in [6, 6.07) is 8.14. The van der Waals surface area contributed by atoms with Gasteiger partial charge in [0.05, 0.1) is 13.7 Å². The summed E-state index contributed by atoms with van der Waals surface area (Å²) in [5, 5.41) is 6.80. The molecule has 138 valence electrons. The van der Waals surface area contributed by atoms with Gasteiger partial charge in [0.25, 0.3) is 0 Å². The maximum Gasteiger partial charge on any atom is 0.194 e. The highest BCUT2D eigenvalue weighted by Crippen LogP contribution is 2.12. The SMILES string of the molecule is CCNC(=NCCNC(C)(C)C)N(C)Cc1ccc(OC)cc1.I. The van der Waals surface area contributed by atoms with Crippen LogP contribution in [0.25, 0.3) is 0 Å². The molecule has 0 radical (unpaired) electrons. The molecule has 0 aliphatic heterocycles. The van der Waals surface area contributed by atoms with E-state index in [0.29, 0.717) is 0 Å². The minimum atomic E-state index is 0. The minimum absolute atomic E-state index is 0. The summed E-state index contributed by atoms with van der Waals surface area (Å²) in [5.41, 5.74) is 1.36. The Morgan fingerprint density at radius 2 is 1.83 bits per heavy atom. The van der Waals surface area contributed by atoms with E-state index in [9.17, 15) is 0 Å². The lowest BCUT2D eigenvalue weighted by molar-refractivity contribution is 0.414. The van der Waals surface area contributed by atoms with Gasteiger partial charge in [-0.2, -0.15) is 0 Å². The van der Waals surface area contributed by atoms with Gasteiger partial charge in [0.15, 0.2) is 5.96 Å². The van der Waals surface area contributed by atoms with Crippen LogP contribution in [0.3, 0.4) is 0 Å². The predicted octanol–water partition coefficient (Wildman–Crippen LogP) is 3.10. The van der Waals surface area contributed by atoms with Gasteiger partial charge < -0.3 is 20.3 Å². The molecule has 0 saturated carbocycles. The van der Waals surface area contributed by atoms with Crippen molar-refractivity contribution >= 4 is 29.9 Å². The number of benzene rings is 1. The Labute approximate surface area is 164 Å². The van der Waals surface area contributed by atoms with E-state index in [-0.39, 0.29) is 29.5 Å². The molecule has 1 rings (SSSR count). The lowest BCUT2D eigenvalue weighted by Crippen LogP contribution is -2.40. The van der Waals surface area contributed by atoms with Crippen LogP contribution in [0.4, 0.5) is 0 Å². The van der Waals surface area contributed by atoms with Crippen LogP contribution in [-0.4, -0.2) is 50.2 Å². The molecule has 24 heavy (non-hydrogen) atoms. The van der Waals surface area contributed by atoms with Crippen LogP contribution in [0.5, 0.6) is 5.75 Å². The van der Waals surface area contributed by atoms with E-state index in [4.69, 9.17) is 9.73 Å². The van der Waals surface area contributed by atoms with Crippen LogP contribution in [0.2, 0.25) is 0 Å². The van der Waals surface area contributed by atoms with Crippen LogP contribution in [0.15, 0.2) is 29.3 Å². The summed E-state index contributed by atoms with van der Waals surface area (Å²) in [6.07, 6.45) is 0. The first-order valence-electron chi connectivity index (χ1n) is 8.23. The minimum Gasteiger partial charge on any atom is -0.497 e. The van der Waals surface area contributed by atoms with Crippen LogP contribution in [0, 0.1) is 0 Å². The second-order valence-electron chi connectivity index (χ2n) is 6.62. The molecule has 0 heterocycles. The molecule has 1 aromatic carbocycles. The van der Waals surface area contributed by atoms with E-state index in [2.05, 4.69) is 62.4 Å². The lowest BCUT2D eigenvalue weighted by Gasteiger charge is -2.23. The fourth-order valence-electron chi connectivity index (χ4n) is 2.14. The topological polar surface area (TPSA) is 48.9 Å². The molecule has 0 saturated heterocycles. The van der Waals surface area contributed by atoms with Gasteiger partial charge in [0, 0.05) is 32.2 Å². The number of rotatable bonds is 7. The molecule has 0 spiro atoms. The van der Waals surface area contributed by atoms with Crippen molar-refractivity contribution in [2.24, 2.45) is 4.99 Å². The summed E-state index contributed by atoms with van der Waals surface area (Å²) in [6.45, 7) is 11.9. The third kappa shape index (κ3) is 9.32. The normalized spacial score (nSPS) is 11.7. The first kappa shape index (κ1) is 23.0. The molecule has 0 fully saturated rings. The van der Waals surface area contributed by atoms with Crippen molar-refractivity contribution in [2.45, 2.75) is 39.8 Å². The quantitative estimate of drug-likeness (QED) is 0.291. The monoisotopic (exact) mass is 448 g/mol. The van der Waals surface area contributed by atoms with Gasteiger partial charge in [-0.15, -0.1) is 24.0 Å². The number of ether oxygens (including phenoxy) is 1. The van der Waals surface area contributed by atoms with E-state index >= 15 is 0 Å². The number of hydrogen-bond donors (Lipinski definition) is 2. The molecule has 0 unspecified atom stereocenters. The number of halogens is 1. The molecule has 0 aliphatic rings. The second-order valence-corrected chi connectivity index (χ2v) is 6.62. The summed E-state index contributed by atoms with van der Waals surface area (Å²) in [5.74, 6) is 1.81. The molecule has 6 heteroatoms. The third-order valence-corrected chi connectivity index (χ3v) is 3.30. The molecular weight excluding hydrogens is 415 g/mol. The van der Waals surface area contributed by atoms with Crippen molar-refractivity contribution in [3.63, 3.8) is 0 Å². The molecule has 1 aromatic rings. The van der Waals surface area contributed by atoms with Gasteiger partial charge in [0.1, 0.15) is 5.75 Å². The van der Waals surface area contributed by atoms with Crippen LogP contribution < -0.4 is 15.4 Å². The Morgan fingerprint density at radius 3 is 2.33 bits per heavy atom. The van der Waals surface area contributed by atoms with E-state index in [1.165, 1.54) is 5.56 Å². The van der Waals surface area contributed by atoms with Crippen molar-refractivity contribution in [1.82, 2.24) is 15.5 Å². The first-order valence-corrected chi connectivity index (χ1v) is 8.23. The Hall–Kier alpha value is -1.02. The zero-order valence-corrected chi connectivity index (χ0v) is 18.2. The van der Waals surface area contributed by atoms with Crippen LogP contribution in [0.1, 0.15) is 33.3 Å². The van der Waals surface area contributed by atoms with Crippen molar-refractivity contribution in [3.8, 4) is 5.75 Å². The van der Waals surface area contributed by atoms with Crippen LogP contribution in [-0.2, 0) is 6.54 Å². The molecule has 0 bridgehead atoms. The zero-order chi connectivity index (χ0) is 17.3. The highest BCUT2D eigenvalue weighted by molar-refractivity contribution is 14.0. The van der Waals surface area contributed by atoms with Crippen molar-refractivity contribution < 1.29 is 4.74 Å². The van der Waals surface area contributed by atoms with E-state index in [0.717, 1.165) is 37.9 Å². The molecule has 0 aliphatic carbocycles. The Morgan fingerprint density at radius 1 is 1.21 bits per heavy atom. The zero-order valence-electron chi connectivity index (χ0n) is 15.8. The molecule has 0 aromatic heterocycles. The summed E-state index contributed by atoms with van der Waals surface area (Å²) < 4.78 is 5.20. The van der Waals surface area contributed by atoms with E-state index in [1.54, 1.807) is 7.11 Å². The Balaban J connectivity index is 0.00000529.